The van der Waals surface area contributed by atoms with Crippen molar-refractivity contribution in [3.05, 3.63) is 12.2 Å². The lowest BCUT2D eigenvalue weighted by atomic mass is 10.0. The van der Waals surface area contributed by atoms with Gasteiger partial charge < -0.3 is 10.9 Å². The van der Waals surface area contributed by atoms with Crippen LogP contribution in [-0.2, 0) is 43.0 Å². The molecular formula is C30H57AlO10P2. The molecule has 0 unspecified atom stereocenters. The summed E-state index contributed by atoms with van der Waals surface area (Å²) < 4.78 is 55.8. The fourth-order valence-corrected chi connectivity index (χ4v) is 9.82. The Morgan fingerprint density at radius 2 is 1.16 bits per heavy atom. The van der Waals surface area contributed by atoms with Crippen molar-refractivity contribution in [2.75, 3.05) is 13.2 Å². The summed E-state index contributed by atoms with van der Waals surface area (Å²) in [6.07, 6.45) is 25.4. The zero-order valence-electron chi connectivity index (χ0n) is 27.0. The van der Waals surface area contributed by atoms with Gasteiger partial charge in [0, 0.05) is 6.42 Å². The Morgan fingerprint density at radius 1 is 0.698 bits per heavy atom. The summed E-state index contributed by atoms with van der Waals surface area (Å²) in [5.41, 5.74) is 0. The zero-order valence-corrected chi connectivity index (χ0v) is 29.9. The van der Waals surface area contributed by atoms with E-state index >= 15 is 0 Å². The highest BCUT2D eigenvalue weighted by Gasteiger charge is 2.63. The molecule has 43 heavy (non-hydrogen) atoms. The van der Waals surface area contributed by atoms with E-state index in [1.807, 2.05) is 13.8 Å². The molecule has 1 rings (SSSR count). The van der Waals surface area contributed by atoms with Gasteiger partial charge in [-0.15, -0.1) is 0 Å². The summed E-state index contributed by atoms with van der Waals surface area (Å²) in [6.45, 7) is 6.30. The molecule has 10 nitrogen and oxygen atoms in total. The van der Waals surface area contributed by atoms with Crippen LogP contribution in [0.4, 0.5) is 0 Å². The van der Waals surface area contributed by atoms with Gasteiger partial charge in [0.1, 0.15) is 12.2 Å². The van der Waals surface area contributed by atoms with Gasteiger partial charge in [-0.05, 0) is 44.9 Å². The summed E-state index contributed by atoms with van der Waals surface area (Å²) in [5, 5.41) is 0. The summed E-state index contributed by atoms with van der Waals surface area (Å²) in [4.78, 5) is 24.2. The third-order valence-corrected chi connectivity index (χ3v) is 13.4. The van der Waals surface area contributed by atoms with Crippen molar-refractivity contribution in [2.24, 2.45) is 0 Å². The van der Waals surface area contributed by atoms with Gasteiger partial charge in [-0.3, -0.25) is 18.6 Å². The fourth-order valence-electron chi connectivity index (χ4n) is 4.29. The van der Waals surface area contributed by atoms with Crippen LogP contribution < -0.4 is 0 Å². The van der Waals surface area contributed by atoms with E-state index in [-0.39, 0.29) is 19.0 Å². The van der Waals surface area contributed by atoms with Gasteiger partial charge in [0.05, 0.1) is 13.2 Å². The molecule has 0 aromatic heterocycles. The Labute approximate surface area is 265 Å². The largest absolute Gasteiger partial charge is 1.02 e. The number of unbranched alkanes of at least 4 members (excludes halogenated alkanes) is 15. The van der Waals surface area contributed by atoms with E-state index in [9.17, 15) is 18.7 Å². The predicted octanol–water partition coefficient (Wildman–Crippen LogP) is 10.2. The molecule has 0 aliphatic carbocycles. The molecule has 0 radical (unpaired) electrons. The van der Waals surface area contributed by atoms with E-state index < -0.39 is 43.2 Å². The molecule has 1 saturated heterocycles. The molecule has 13 heteroatoms. The van der Waals surface area contributed by atoms with Crippen LogP contribution in [0.3, 0.4) is 0 Å². The summed E-state index contributed by atoms with van der Waals surface area (Å²) in [5.74, 6) is -1.01. The first-order chi connectivity index (χ1) is 20.8. The predicted molar refractivity (Wildman–Crippen MR) is 170 cm³/mol. The maximum Gasteiger partial charge on any atom is 1.02 e. The standard InChI is InChI=1S/C22H40O3.C8H20O7P2.Al/c1-2-3-4-5-6-7-8-9-10-11-12-13-14-15-16-17-18-19-21(23)20-22(24)25;1-3-5-7-13-17(12,14-8-6-4-2)15-16(9,10)11;/h9-10H,2-8,11-20H2,1H3,(H,24,25);3-8H2,1-2H3,(H2,9,10,11);/q;;+3/p-3/b10-9-;;. The first-order valence-corrected chi connectivity index (χ1v) is 21.0. The molecule has 1 fully saturated rings. The maximum absolute atomic E-state index is 12.8. The Balaban J connectivity index is 2.07. The van der Waals surface area contributed by atoms with E-state index in [2.05, 4.69) is 19.1 Å². The lowest BCUT2D eigenvalue weighted by Gasteiger charge is -2.31. The van der Waals surface area contributed by atoms with Crippen molar-refractivity contribution in [3.63, 3.8) is 0 Å². The van der Waals surface area contributed by atoms with Crippen LogP contribution in [0.5, 0.6) is 0 Å². The number of phosphoric ester groups is 1. The van der Waals surface area contributed by atoms with Gasteiger partial charge in [0.15, 0.2) is 0 Å². The molecular weight excluding hydrogens is 609 g/mol. The minimum Gasteiger partial charge on any atom is -0.572 e. The molecule has 1 heterocycles. The highest BCUT2D eigenvalue weighted by Crippen LogP contribution is 2.70. The topological polar surface area (TPSA) is 124 Å². The van der Waals surface area contributed by atoms with Crippen molar-refractivity contribution in [1.29, 1.82) is 0 Å². The van der Waals surface area contributed by atoms with E-state index in [0.717, 1.165) is 44.9 Å². The molecule has 0 N–H and O–H groups in total. The Bertz CT molecular complexity index is 846. The van der Waals surface area contributed by atoms with Gasteiger partial charge in [-0.1, -0.05) is 110 Å². The van der Waals surface area contributed by atoms with Crippen LogP contribution in [0.1, 0.15) is 156 Å². The average Bonchev–Trinajstić information content (AvgIpc) is 2.94. The Morgan fingerprint density at radius 3 is 1.67 bits per heavy atom. The third-order valence-electron chi connectivity index (χ3n) is 6.91. The number of hydrogen-bond donors (Lipinski definition) is 0. The SMILES string of the molecule is CCCCCCCC/C=C\CCCCCCCCCC(=O)CC(=O)[O][Al]1[O]P(=O)(OP(=O)(OCCCC)OCCCC)[O]1. The lowest BCUT2D eigenvalue weighted by Crippen LogP contribution is -2.37. The van der Waals surface area contributed by atoms with Crippen molar-refractivity contribution in [1.82, 2.24) is 0 Å². The molecule has 1 aliphatic rings. The van der Waals surface area contributed by atoms with Crippen LogP contribution in [0, 0.1) is 0 Å². The Hall–Kier alpha value is -0.328. The summed E-state index contributed by atoms with van der Waals surface area (Å²) >= 11 is -3.09. The van der Waals surface area contributed by atoms with Crippen LogP contribution in [0.2, 0.25) is 0 Å². The zero-order chi connectivity index (χ0) is 31.7. The molecule has 0 spiro atoms. The first kappa shape index (κ1) is 40.7. The van der Waals surface area contributed by atoms with Crippen LogP contribution >= 0.6 is 15.6 Å². The van der Waals surface area contributed by atoms with Crippen LogP contribution in [-0.4, -0.2) is 40.1 Å². The van der Waals surface area contributed by atoms with Gasteiger partial charge in [0.2, 0.25) is 0 Å². The van der Waals surface area contributed by atoms with E-state index in [4.69, 9.17) is 24.3 Å². The second-order valence-corrected chi connectivity index (χ2v) is 16.6. The molecule has 0 amide bonds. The maximum atomic E-state index is 12.8. The number of carbonyl (C=O) groups excluding carboxylic acids is 2. The first-order valence-electron chi connectivity index (χ1n) is 16.7. The van der Waals surface area contributed by atoms with Crippen molar-refractivity contribution in [2.45, 2.75) is 156 Å². The van der Waals surface area contributed by atoms with Gasteiger partial charge in [-0.25, -0.2) is 9.13 Å². The number of Topliss-reactive ketones (excluding diaryl/α,β-unsaturated/α-hetero) is 1. The third kappa shape index (κ3) is 21.9. The summed E-state index contributed by atoms with van der Waals surface area (Å²) in [6, 6.07) is 0. The lowest BCUT2D eigenvalue weighted by molar-refractivity contribution is -0.140. The van der Waals surface area contributed by atoms with E-state index in [1.54, 1.807) is 0 Å². The van der Waals surface area contributed by atoms with Crippen molar-refractivity contribution >= 4 is 42.5 Å². The molecule has 0 atom stereocenters. The molecule has 0 saturated carbocycles. The van der Waals surface area contributed by atoms with Crippen molar-refractivity contribution in [3.8, 4) is 0 Å². The number of ketones is 1. The molecule has 250 valence electrons. The van der Waals surface area contributed by atoms with E-state index in [0.29, 0.717) is 19.3 Å². The van der Waals surface area contributed by atoms with Crippen molar-refractivity contribution < 1.29 is 43.0 Å². The second-order valence-electron chi connectivity index (χ2n) is 11.1. The molecule has 0 aromatic carbocycles. The number of carbonyl (C=O) groups is 2. The minimum atomic E-state index is -4.22. The molecule has 1 aliphatic heterocycles. The quantitative estimate of drug-likeness (QED) is 0.0240. The number of phosphoric acid groups is 2. The molecule has 0 aromatic rings. The minimum absolute atomic E-state index is 0.0924. The van der Waals surface area contributed by atoms with E-state index in [1.165, 1.54) is 64.2 Å². The van der Waals surface area contributed by atoms with Gasteiger partial charge >= 0.3 is 30.8 Å². The number of rotatable bonds is 30. The average molecular weight is 667 g/mol. The number of hydrogen-bond acceptors (Lipinski definition) is 10. The highest BCUT2D eigenvalue weighted by molar-refractivity contribution is 7.65. The van der Waals surface area contributed by atoms with Gasteiger partial charge in [0.25, 0.3) is 5.97 Å². The van der Waals surface area contributed by atoms with Crippen LogP contribution in [0.25, 0.3) is 0 Å². The Kier molecular flexibility index (Phi) is 24.4. The fraction of sp³-hybridized carbons (Fsp3) is 0.867. The second kappa shape index (κ2) is 25.8. The van der Waals surface area contributed by atoms with Crippen LogP contribution in [0.15, 0.2) is 12.2 Å². The highest BCUT2D eigenvalue weighted by atomic mass is 31.3. The normalized spacial score (nSPS) is 14.7. The molecule has 0 bridgehead atoms. The number of allylic oxidation sites excluding steroid dienone is 2. The smallest absolute Gasteiger partial charge is 0.572 e. The van der Waals surface area contributed by atoms with Gasteiger partial charge in [-0.2, -0.15) is 4.31 Å². The monoisotopic (exact) mass is 666 g/mol. The summed E-state index contributed by atoms with van der Waals surface area (Å²) in [7, 11) is -8.40.